The zero-order valence-electron chi connectivity index (χ0n) is 17.4. The van der Waals surface area contributed by atoms with Gasteiger partial charge in [0.1, 0.15) is 11.7 Å². The van der Waals surface area contributed by atoms with E-state index >= 15 is 0 Å². The number of halogens is 6. The van der Waals surface area contributed by atoms with Gasteiger partial charge < -0.3 is 9.64 Å². The molecule has 4 rings (SSSR count). The maximum absolute atomic E-state index is 13.1. The van der Waals surface area contributed by atoms with E-state index in [0.717, 1.165) is 0 Å². The van der Waals surface area contributed by atoms with Crippen LogP contribution in [0.4, 0.5) is 26.3 Å². The second kappa shape index (κ2) is 8.85. The standard InChI is InChI=1S/C19H18F6N6O3/c20-18(21,22)10-5-26-17(27-6-10)34-11-7-31(8-11)15(32)9-30-3-1-2-14(30)13-4-12(19(23,24)25)16(33)29-28-13/h4-6,11,14H,1-3,7-9H2,(H,29,33). The number of nitrogens with one attached hydrogen (secondary N) is 1. The van der Waals surface area contributed by atoms with Crippen molar-refractivity contribution in [1.82, 2.24) is 30.0 Å². The van der Waals surface area contributed by atoms with Crippen LogP contribution < -0.4 is 10.3 Å². The topological polar surface area (TPSA) is 104 Å². The number of aromatic nitrogens is 4. The second-order valence-corrected chi connectivity index (χ2v) is 7.95. The second-order valence-electron chi connectivity index (χ2n) is 7.95. The SMILES string of the molecule is O=C(CN1CCCC1c1cc(C(F)(F)F)c(=O)[nH]n1)N1CC(Oc2ncc(C(F)(F)F)cn2)C1. The van der Waals surface area contributed by atoms with E-state index in [1.807, 2.05) is 5.10 Å². The number of carbonyl (C=O) groups is 1. The van der Waals surface area contributed by atoms with Gasteiger partial charge in [-0.1, -0.05) is 0 Å². The molecular formula is C19H18F6N6O3. The predicted octanol–water partition coefficient (Wildman–Crippen LogP) is 2.02. The molecule has 0 saturated carbocycles. The number of H-pyrrole nitrogens is 1. The van der Waals surface area contributed by atoms with E-state index in [1.165, 1.54) is 4.90 Å². The minimum atomic E-state index is -4.83. The number of aromatic amines is 1. The van der Waals surface area contributed by atoms with E-state index in [1.54, 1.807) is 4.90 Å². The molecule has 34 heavy (non-hydrogen) atoms. The summed E-state index contributed by atoms with van der Waals surface area (Å²) in [4.78, 5) is 34.2. The molecule has 0 aromatic carbocycles. The Morgan fingerprint density at radius 3 is 2.41 bits per heavy atom. The molecule has 2 aliphatic rings. The first-order valence-corrected chi connectivity index (χ1v) is 10.2. The molecular weight excluding hydrogens is 474 g/mol. The van der Waals surface area contributed by atoms with Crippen LogP contribution in [0.3, 0.4) is 0 Å². The molecule has 0 aliphatic carbocycles. The van der Waals surface area contributed by atoms with Crippen LogP contribution in [-0.2, 0) is 17.1 Å². The van der Waals surface area contributed by atoms with Crippen molar-refractivity contribution in [3.05, 3.63) is 45.6 Å². The number of hydrogen-bond acceptors (Lipinski definition) is 7. The molecule has 2 fully saturated rings. The fourth-order valence-corrected chi connectivity index (χ4v) is 3.82. The van der Waals surface area contributed by atoms with Gasteiger partial charge in [0.2, 0.25) is 5.91 Å². The number of rotatable bonds is 5. The van der Waals surface area contributed by atoms with Gasteiger partial charge in [-0.25, -0.2) is 15.1 Å². The smallest absolute Gasteiger partial charge is 0.421 e. The Hall–Kier alpha value is -3.23. The van der Waals surface area contributed by atoms with E-state index < -0.39 is 41.2 Å². The van der Waals surface area contributed by atoms with Crippen molar-refractivity contribution < 1.29 is 35.9 Å². The first-order valence-electron chi connectivity index (χ1n) is 10.2. The highest BCUT2D eigenvalue weighted by Crippen LogP contribution is 2.33. The number of nitrogens with zero attached hydrogens (tertiary/aromatic N) is 5. The zero-order chi connectivity index (χ0) is 24.7. The molecule has 15 heteroatoms. The van der Waals surface area contributed by atoms with Crippen molar-refractivity contribution in [2.45, 2.75) is 37.3 Å². The molecule has 9 nitrogen and oxygen atoms in total. The van der Waals surface area contributed by atoms with Gasteiger partial charge in [0, 0.05) is 12.4 Å². The monoisotopic (exact) mass is 492 g/mol. The van der Waals surface area contributed by atoms with E-state index in [2.05, 4.69) is 15.1 Å². The van der Waals surface area contributed by atoms with Gasteiger partial charge in [0.25, 0.3) is 5.56 Å². The van der Waals surface area contributed by atoms with Crippen LogP contribution in [0.2, 0.25) is 0 Å². The lowest BCUT2D eigenvalue weighted by atomic mass is 10.1. The van der Waals surface area contributed by atoms with Crippen LogP contribution in [0, 0.1) is 0 Å². The van der Waals surface area contributed by atoms with E-state index in [-0.39, 0.29) is 37.2 Å². The molecule has 1 amide bonds. The van der Waals surface area contributed by atoms with Crippen molar-refractivity contribution in [3.8, 4) is 6.01 Å². The molecule has 1 N–H and O–H groups in total. The molecule has 2 aliphatic heterocycles. The quantitative estimate of drug-likeness (QED) is 0.637. The highest BCUT2D eigenvalue weighted by molar-refractivity contribution is 5.79. The molecule has 0 radical (unpaired) electrons. The summed E-state index contributed by atoms with van der Waals surface area (Å²) in [5, 5.41) is 5.62. The Balaban J connectivity index is 1.32. The van der Waals surface area contributed by atoms with Crippen molar-refractivity contribution in [3.63, 3.8) is 0 Å². The molecule has 4 heterocycles. The number of likely N-dealkylation sites (tertiary alicyclic amines) is 2. The third-order valence-electron chi connectivity index (χ3n) is 5.60. The average molecular weight is 492 g/mol. The number of ether oxygens (including phenoxy) is 1. The largest absolute Gasteiger partial charge is 0.456 e. The zero-order valence-corrected chi connectivity index (χ0v) is 17.4. The van der Waals surface area contributed by atoms with Gasteiger partial charge in [0.15, 0.2) is 0 Å². The Labute approximate surface area is 187 Å². The highest BCUT2D eigenvalue weighted by Gasteiger charge is 2.39. The third kappa shape index (κ3) is 5.13. The summed E-state index contributed by atoms with van der Waals surface area (Å²) in [5.41, 5.74) is -3.66. The van der Waals surface area contributed by atoms with Crippen molar-refractivity contribution in [2.75, 3.05) is 26.2 Å². The molecule has 2 aromatic rings. The van der Waals surface area contributed by atoms with Crippen LogP contribution in [0.1, 0.15) is 35.7 Å². The summed E-state index contributed by atoms with van der Waals surface area (Å²) in [5.74, 6) is -0.291. The first kappa shape index (κ1) is 23.9. The molecule has 1 unspecified atom stereocenters. The predicted molar refractivity (Wildman–Crippen MR) is 101 cm³/mol. The van der Waals surface area contributed by atoms with Crippen LogP contribution >= 0.6 is 0 Å². The van der Waals surface area contributed by atoms with Crippen LogP contribution in [0.5, 0.6) is 6.01 Å². The van der Waals surface area contributed by atoms with Crippen LogP contribution in [0.25, 0.3) is 0 Å². The normalized spacial score (nSPS) is 19.8. The molecule has 0 bridgehead atoms. The summed E-state index contributed by atoms with van der Waals surface area (Å²) in [7, 11) is 0. The molecule has 2 aromatic heterocycles. The van der Waals surface area contributed by atoms with E-state index in [9.17, 15) is 35.9 Å². The summed E-state index contributed by atoms with van der Waals surface area (Å²) in [6.07, 6.45) is -7.57. The molecule has 2 saturated heterocycles. The summed E-state index contributed by atoms with van der Waals surface area (Å²) in [6, 6.07) is -0.0887. The van der Waals surface area contributed by atoms with Gasteiger partial charge in [0.05, 0.1) is 36.9 Å². The number of amides is 1. The Bertz CT molecular complexity index is 1100. The Morgan fingerprint density at radius 1 is 1.12 bits per heavy atom. The van der Waals surface area contributed by atoms with Gasteiger partial charge >= 0.3 is 18.4 Å². The van der Waals surface area contributed by atoms with Gasteiger partial charge in [-0.15, -0.1) is 0 Å². The van der Waals surface area contributed by atoms with Gasteiger partial charge in [-0.3, -0.25) is 14.5 Å². The molecule has 184 valence electrons. The van der Waals surface area contributed by atoms with E-state index in [4.69, 9.17) is 4.74 Å². The minimum Gasteiger partial charge on any atom is -0.456 e. The van der Waals surface area contributed by atoms with E-state index in [0.29, 0.717) is 37.8 Å². The fourth-order valence-electron chi connectivity index (χ4n) is 3.82. The maximum Gasteiger partial charge on any atom is 0.421 e. The lowest BCUT2D eigenvalue weighted by Gasteiger charge is -2.39. The number of carbonyl (C=O) groups excluding carboxylic acids is 1. The van der Waals surface area contributed by atoms with Crippen molar-refractivity contribution >= 4 is 5.91 Å². The lowest BCUT2D eigenvalue weighted by Crippen LogP contribution is -2.58. The molecule has 0 spiro atoms. The van der Waals surface area contributed by atoms with Gasteiger partial charge in [-0.05, 0) is 25.5 Å². The summed E-state index contributed by atoms with van der Waals surface area (Å²) >= 11 is 0. The van der Waals surface area contributed by atoms with Crippen LogP contribution in [0.15, 0.2) is 23.3 Å². The van der Waals surface area contributed by atoms with Crippen LogP contribution in [-0.4, -0.2) is 68.2 Å². The van der Waals surface area contributed by atoms with Crippen molar-refractivity contribution in [2.24, 2.45) is 0 Å². The van der Waals surface area contributed by atoms with Gasteiger partial charge in [-0.2, -0.15) is 31.4 Å². The lowest BCUT2D eigenvalue weighted by molar-refractivity contribution is -0.142. The number of alkyl halides is 6. The fraction of sp³-hybridized carbons (Fsp3) is 0.526. The maximum atomic E-state index is 13.1. The third-order valence-corrected chi connectivity index (χ3v) is 5.60. The first-order chi connectivity index (χ1) is 15.9. The summed E-state index contributed by atoms with van der Waals surface area (Å²) in [6.45, 7) is 0.718. The van der Waals surface area contributed by atoms with Crippen molar-refractivity contribution in [1.29, 1.82) is 0 Å². The Kier molecular flexibility index (Phi) is 6.22. The highest BCUT2D eigenvalue weighted by atomic mass is 19.4. The minimum absolute atomic E-state index is 0.0292. The average Bonchev–Trinajstić information content (AvgIpc) is 3.17. The number of hydrogen-bond donors (Lipinski definition) is 1. The summed E-state index contributed by atoms with van der Waals surface area (Å²) < 4.78 is 82.2. The Morgan fingerprint density at radius 2 is 1.79 bits per heavy atom. The molecule has 1 atom stereocenters.